The van der Waals surface area contributed by atoms with Crippen molar-refractivity contribution in [2.45, 2.75) is 25.2 Å². The first-order valence-corrected chi connectivity index (χ1v) is 9.13. The number of amides is 1. The van der Waals surface area contributed by atoms with E-state index < -0.39 is 0 Å². The fourth-order valence-corrected chi connectivity index (χ4v) is 3.89. The van der Waals surface area contributed by atoms with Crippen LogP contribution >= 0.6 is 27.3 Å². The number of halogens is 2. The molecule has 1 fully saturated rings. The molecule has 23 heavy (non-hydrogen) atoms. The highest BCUT2D eigenvalue weighted by Crippen LogP contribution is 2.31. The third-order valence-electron chi connectivity index (χ3n) is 3.86. The largest absolute Gasteiger partial charge is 0.317 e. The normalized spacial score (nSPS) is 15.6. The molecule has 3 rings (SSSR count). The van der Waals surface area contributed by atoms with Crippen LogP contribution in [0.5, 0.6) is 0 Å². The second-order valence-corrected chi connectivity index (χ2v) is 7.48. The topological polar surface area (TPSA) is 54.0 Å². The van der Waals surface area contributed by atoms with Gasteiger partial charge in [0.1, 0.15) is 5.82 Å². The lowest BCUT2D eigenvalue weighted by atomic mass is 9.97. The second kappa shape index (κ2) is 7.51. The molecule has 0 unspecified atom stereocenters. The summed E-state index contributed by atoms with van der Waals surface area (Å²) in [6, 6.07) is 4.71. The summed E-state index contributed by atoms with van der Waals surface area (Å²) >= 11 is 4.63. The van der Waals surface area contributed by atoms with Crippen molar-refractivity contribution in [2.24, 2.45) is 0 Å². The lowest BCUT2D eigenvalue weighted by molar-refractivity contribution is -0.115. The highest BCUT2D eigenvalue weighted by Gasteiger charge is 2.18. The summed E-state index contributed by atoms with van der Waals surface area (Å²) in [5.41, 5.74) is 0.637. The van der Waals surface area contributed by atoms with Gasteiger partial charge in [-0.05, 0) is 65.5 Å². The van der Waals surface area contributed by atoms with Gasteiger partial charge in [0.05, 0.1) is 10.9 Å². The minimum absolute atomic E-state index is 0.131. The van der Waals surface area contributed by atoms with Crippen molar-refractivity contribution in [1.82, 2.24) is 10.3 Å². The standard InChI is InChI=1S/C16H17BrFN3OS/c17-12-2-1-10(7-13(12)18)8-15(22)21-16-20-9-14(23-16)11-3-5-19-6-4-11/h1-2,7,9,11,19H,3-6,8H2,(H,20,21,22). The molecule has 122 valence electrons. The summed E-state index contributed by atoms with van der Waals surface area (Å²) in [6.07, 6.45) is 4.20. The third-order valence-corrected chi connectivity index (χ3v) is 5.58. The predicted octanol–water partition coefficient (Wildman–Crippen LogP) is 3.69. The maximum Gasteiger partial charge on any atom is 0.230 e. The number of hydrogen-bond donors (Lipinski definition) is 2. The first kappa shape index (κ1) is 16.5. The average Bonchev–Trinajstić information content (AvgIpc) is 3.00. The van der Waals surface area contributed by atoms with Crippen LogP contribution < -0.4 is 10.6 Å². The number of aromatic nitrogens is 1. The summed E-state index contributed by atoms with van der Waals surface area (Å²) in [5.74, 6) is -0.0179. The van der Waals surface area contributed by atoms with Gasteiger partial charge in [-0.3, -0.25) is 4.79 Å². The Morgan fingerprint density at radius 2 is 2.22 bits per heavy atom. The predicted molar refractivity (Wildman–Crippen MR) is 93.4 cm³/mol. The molecule has 2 aromatic rings. The van der Waals surface area contributed by atoms with Gasteiger partial charge in [0, 0.05) is 11.1 Å². The molecule has 4 nitrogen and oxygen atoms in total. The van der Waals surface area contributed by atoms with E-state index in [9.17, 15) is 9.18 Å². The van der Waals surface area contributed by atoms with E-state index in [1.54, 1.807) is 12.1 Å². The quantitative estimate of drug-likeness (QED) is 0.826. The molecule has 1 aromatic heterocycles. The van der Waals surface area contributed by atoms with Crippen molar-refractivity contribution in [3.8, 4) is 0 Å². The Morgan fingerprint density at radius 1 is 1.43 bits per heavy atom. The zero-order valence-corrected chi connectivity index (χ0v) is 14.8. The van der Waals surface area contributed by atoms with Gasteiger partial charge in [0.2, 0.25) is 5.91 Å². The molecule has 7 heteroatoms. The molecule has 0 aliphatic carbocycles. The Hall–Kier alpha value is -1.31. The van der Waals surface area contributed by atoms with Crippen molar-refractivity contribution in [3.05, 3.63) is 45.1 Å². The van der Waals surface area contributed by atoms with Crippen LogP contribution in [0.15, 0.2) is 28.9 Å². The Bertz CT molecular complexity index is 700. The summed E-state index contributed by atoms with van der Waals surface area (Å²) in [4.78, 5) is 17.6. The fraction of sp³-hybridized carbons (Fsp3) is 0.375. The van der Waals surface area contributed by atoms with Gasteiger partial charge in [-0.15, -0.1) is 11.3 Å². The molecular formula is C16H17BrFN3OS. The van der Waals surface area contributed by atoms with Crippen LogP contribution in [0, 0.1) is 5.82 Å². The van der Waals surface area contributed by atoms with Crippen molar-refractivity contribution in [2.75, 3.05) is 18.4 Å². The zero-order chi connectivity index (χ0) is 16.2. The highest BCUT2D eigenvalue weighted by atomic mass is 79.9. The monoisotopic (exact) mass is 397 g/mol. The Labute approximate surface area is 146 Å². The van der Waals surface area contributed by atoms with E-state index in [2.05, 4.69) is 31.5 Å². The van der Waals surface area contributed by atoms with E-state index in [0.717, 1.165) is 25.9 Å². The summed E-state index contributed by atoms with van der Waals surface area (Å²) in [6.45, 7) is 2.05. The molecule has 1 aromatic carbocycles. The smallest absolute Gasteiger partial charge is 0.230 e. The van der Waals surface area contributed by atoms with E-state index >= 15 is 0 Å². The molecule has 0 atom stereocenters. The van der Waals surface area contributed by atoms with Crippen molar-refractivity contribution in [1.29, 1.82) is 0 Å². The van der Waals surface area contributed by atoms with Crippen LogP contribution in [0.2, 0.25) is 0 Å². The van der Waals surface area contributed by atoms with Crippen LogP contribution in [0.25, 0.3) is 0 Å². The molecule has 2 N–H and O–H groups in total. The summed E-state index contributed by atoms with van der Waals surface area (Å²) in [5, 5.41) is 6.75. The lowest BCUT2D eigenvalue weighted by Crippen LogP contribution is -2.26. The SMILES string of the molecule is O=C(Cc1ccc(Br)c(F)c1)Nc1ncc(C2CCNCC2)s1. The maximum absolute atomic E-state index is 13.5. The van der Waals surface area contributed by atoms with E-state index in [4.69, 9.17) is 0 Å². The number of nitrogens with zero attached hydrogens (tertiary/aromatic N) is 1. The van der Waals surface area contributed by atoms with Crippen molar-refractivity contribution >= 4 is 38.3 Å². The molecular weight excluding hydrogens is 381 g/mol. The van der Waals surface area contributed by atoms with Gasteiger partial charge in [0.15, 0.2) is 5.13 Å². The van der Waals surface area contributed by atoms with Crippen LogP contribution in [0.3, 0.4) is 0 Å². The van der Waals surface area contributed by atoms with Crippen LogP contribution in [0.1, 0.15) is 29.2 Å². The minimum atomic E-state index is -0.363. The molecule has 1 amide bonds. The number of carbonyl (C=O) groups excluding carboxylic acids is 1. The third kappa shape index (κ3) is 4.37. The van der Waals surface area contributed by atoms with Crippen molar-refractivity contribution in [3.63, 3.8) is 0 Å². The first-order chi connectivity index (χ1) is 11.1. The number of nitrogens with one attached hydrogen (secondary N) is 2. The Balaban J connectivity index is 1.59. The number of rotatable bonds is 4. The number of benzene rings is 1. The number of hydrogen-bond acceptors (Lipinski definition) is 4. The molecule has 1 saturated heterocycles. The van der Waals surface area contributed by atoms with Gasteiger partial charge < -0.3 is 10.6 Å². The molecule has 2 heterocycles. The molecule has 0 saturated carbocycles. The second-order valence-electron chi connectivity index (χ2n) is 5.57. The molecule has 0 bridgehead atoms. The molecule has 1 aliphatic heterocycles. The van der Waals surface area contributed by atoms with Crippen molar-refractivity contribution < 1.29 is 9.18 Å². The highest BCUT2D eigenvalue weighted by molar-refractivity contribution is 9.10. The number of carbonyl (C=O) groups is 1. The van der Waals surface area contributed by atoms with Crippen LogP contribution in [-0.4, -0.2) is 24.0 Å². The van der Waals surface area contributed by atoms with Gasteiger partial charge >= 0.3 is 0 Å². The zero-order valence-electron chi connectivity index (χ0n) is 12.4. The first-order valence-electron chi connectivity index (χ1n) is 7.52. The van der Waals surface area contributed by atoms with E-state index in [1.807, 2.05) is 6.20 Å². The lowest BCUT2D eigenvalue weighted by Gasteiger charge is -2.20. The number of piperidine rings is 1. The molecule has 0 spiro atoms. The number of thiazole rings is 1. The molecule has 0 radical (unpaired) electrons. The maximum atomic E-state index is 13.5. The summed E-state index contributed by atoms with van der Waals surface area (Å²) in [7, 11) is 0. The van der Waals surface area contributed by atoms with E-state index in [0.29, 0.717) is 21.1 Å². The summed E-state index contributed by atoms with van der Waals surface area (Å²) < 4.78 is 13.9. The van der Waals surface area contributed by atoms with Crippen LogP contribution in [0.4, 0.5) is 9.52 Å². The number of anilines is 1. The van der Waals surface area contributed by atoms with Gasteiger partial charge in [-0.25, -0.2) is 9.37 Å². The Morgan fingerprint density at radius 3 is 2.96 bits per heavy atom. The van der Waals surface area contributed by atoms with Gasteiger partial charge in [0.25, 0.3) is 0 Å². The fourth-order valence-electron chi connectivity index (χ4n) is 2.64. The van der Waals surface area contributed by atoms with Gasteiger partial charge in [-0.2, -0.15) is 0 Å². The minimum Gasteiger partial charge on any atom is -0.317 e. The van der Waals surface area contributed by atoms with Gasteiger partial charge in [-0.1, -0.05) is 6.07 Å². The van der Waals surface area contributed by atoms with E-state index in [-0.39, 0.29) is 18.1 Å². The van der Waals surface area contributed by atoms with Crippen LogP contribution in [-0.2, 0) is 11.2 Å². The van der Waals surface area contributed by atoms with E-state index in [1.165, 1.54) is 22.3 Å². The Kier molecular flexibility index (Phi) is 5.40. The molecule has 1 aliphatic rings. The average molecular weight is 398 g/mol.